The number of nitrogen functional groups attached to an aromatic ring is 1. The molecule has 104 valence electrons. The van der Waals surface area contributed by atoms with E-state index in [0.717, 1.165) is 22.7 Å². The third-order valence-electron chi connectivity index (χ3n) is 3.33. The molecule has 0 radical (unpaired) electrons. The molecule has 0 unspecified atom stereocenters. The number of aromatic nitrogens is 2. The third-order valence-corrected chi connectivity index (χ3v) is 3.83. The first kappa shape index (κ1) is 13.1. The first-order valence-electron chi connectivity index (χ1n) is 6.27. The summed E-state index contributed by atoms with van der Waals surface area (Å²) in [4.78, 5) is 19.7. The molecule has 1 aromatic carbocycles. The van der Waals surface area contributed by atoms with E-state index < -0.39 is 12.0 Å². The molecule has 4 N–H and O–H groups in total. The molecule has 20 heavy (non-hydrogen) atoms. The summed E-state index contributed by atoms with van der Waals surface area (Å²) in [6.07, 6.45) is 1.83. The zero-order chi connectivity index (χ0) is 14.3. The second-order valence-corrected chi connectivity index (χ2v) is 5.81. The van der Waals surface area contributed by atoms with Gasteiger partial charge in [0.1, 0.15) is 11.9 Å². The Balaban J connectivity index is 1.97. The third kappa shape index (κ3) is 2.53. The molecule has 1 fully saturated rings. The smallest absolute Gasteiger partial charge is 0.326 e. The van der Waals surface area contributed by atoms with Gasteiger partial charge < -0.3 is 16.2 Å². The van der Waals surface area contributed by atoms with Gasteiger partial charge in [0.15, 0.2) is 0 Å². The van der Waals surface area contributed by atoms with Crippen molar-refractivity contribution in [2.45, 2.75) is 18.9 Å². The fraction of sp³-hybridized carbons (Fsp3) is 0.308. The van der Waals surface area contributed by atoms with Crippen LogP contribution in [0.2, 0.25) is 0 Å². The van der Waals surface area contributed by atoms with Crippen LogP contribution >= 0.6 is 15.9 Å². The number of nitrogens with zero attached hydrogens (tertiary/aromatic N) is 2. The van der Waals surface area contributed by atoms with E-state index in [-0.39, 0.29) is 11.9 Å². The summed E-state index contributed by atoms with van der Waals surface area (Å²) in [7, 11) is 0. The minimum atomic E-state index is -0.885. The maximum Gasteiger partial charge on any atom is 0.326 e. The monoisotopic (exact) mass is 336 g/mol. The minimum Gasteiger partial charge on any atom is -0.480 e. The van der Waals surface area contributed by atoms with Gasteiger partial charge in [-0.25, -0.2) is 9.78 Å². The van der Waals surface area contributed by atoms with Crippen molar-refractivity contribution in [3.8, 4) is 0 Å². The van der Waals surface area contributed by atoms with Gasteiger partial charge in [0, 0.05) is 9.86 Å². The highest BCUT2D eigenvalue weighted by Gasteiger charge is 2.36. The van der Waals surface area contributed by atoms with Crippen molar-refractivity contribution in [1.82, 2.24) is 9.97 Å². The SMILES string of the molecule is Nc1nc(N[C@H](C(=O)O)C2CC2)nc2cc(Br)ccc12. The Bertz CT molecular complexity index is 687. The van der Waals surface area contributed by atoms with Crippen LogP contribution in [-0.4, -0.2) is 27.1 Å². The van der Waals surface area contributed by atoms with E-state index in [1.165, 1.54) is 0 Å². The van der Waals surface area contributed by atoms with Crippen molar-refractivity contribution in [2.24, 2.45) is 5.92 Å². The summed E-state index contributed by atoms with van der Waals surface area (Å²) in [5, 5.41) is 12.8. The van der Waals surface area contributed by atoms with Crippen LogP contribution in [0.4, 0.5) is 11.8 Å². The van der Waals surface area contributed by atoms with Crippen molar-refractivity contribution < 1.29 is 9.90 Å². The lowest BCUT2D eigenvalue weighted by atomic mass is 10.2. The van der Waals surface area contributed by atoms with Crippen LogP contribution in [0.1, 0.15) is 12.8 Å². The Labute approximate surface area is 123 Å². The lowest BCUT2D eigenvalue weighted by Gasteiger charge is -2.14. The number of carboxylic acid groups (broad SMARTS) is 1. The number of fused-ring (bicyclic) bond motifs is 1. The van der Waals surface area contributed by atoms with Gasteiger partial charge in [0.25, 0.3) is 0 Å². The summed E-state index contributed by atoms with van der Waals surface area (Å²) in [5.74, 6) is -0.142. The average molecular weight is 337 g/mol. The number of halogens is 1. The zero-order valence-electron chi connectivity index (χ0n) is 10.5. The largest absolute Gasteiger partial charge is 0.480 e. The molecule has 0 amide bonds. The van der Waals surface area contributed by atoms with E-state index >= 15 is 0 Å². The molecule has 7 heteroatoms. The van der Waals surface area contributed by atoms with Gasteiger partial charge in [0.05, 0.1) is 5.52 Å². The Morgan fingerprint density at radius 3 is 2.85 bits per heavy atom. The van der Waals surface area contributed by atoms with E-state index in [1.54, 1.807) is 0 Å². The molecule has 1 atom stereocenters. The minimum absolute atomic E-state index is 0.149. The topological polar surface area (TPSA) is 101 Å². The number of anilines is 2. The van der Waals surface area contributed by atoms with Gasteiger partial charge in [-0.15, -0.1) is 0 Å². The van der Waals surface area contributed by atoms with Crippen LogP contribution < -0.4 is 11.1 Å². The second kappa shape index (κ2) is 4.90. The molecule has 0 aliphatic heterocycles. The van der Waals surface area contributed by atoms with Crippen LogP contribution in [0, 0.1) is 5.92 Å². The first-order valence-corrected chi connectivity index (χ1v) is 7.06. The summed E-state index contributed by atoms with van der Waals surface area (Å²) in [6.45, 7) is 0. The highest BCUT2D eigenvalue weighted by Crippen LogP contribution is 2.34. The Morgan fingerprint density at radius 1 is 1.45 bits per heavy atom. The number of carboxylic acids is 1. The van der Waals surface area contributed by atoms with Gasteiger partial charge >= 0.3 is 5.97 Å². The maximum absolute atomic E-state index is 11.2. The van der Waals surface area contributed by atoms with E-state index in [0.29, 0.717) is 11.3 Å². The molecule has 1 heterocycles. The number of aliphatic carboxylic acids is 1. The summed E-state index contributed by atoms with van der Waals surface area (Å²) in [5.41, 5.74) is 6.57. The van der Waals surface area contributed by atoms with Gasteiger partial charge in [-0.05, 0) is 37.0 Å². The van der Waals surface area contributed by atoms with Crippen LogP contribution in [0.15, 0.2) is 22.7 Å². The molecule has 0 saturated heterocycles. The molecular formula is C13H13BrN4O2. The van der Waals surface area contributed by atoms with E-state index in [9.17, 15) is 9.90 Å². The lowest BCUT2D eigenvalue weighted by Crippen LogP contribution is -2.32. The predicted molar refractivity (Wildman–Crippen MR) is 79.4 cm³/mol. The lowest BCUT2D eigenvalue weighted by molar-refractivity contribution is -0.138. The maximum atomic E-state index is 11.2. The molecule has 1 aliphatic rings. The molecule has 3 rings (SSSR count). The quantitative estimate of drug-likeness (QED) is 0.791. The standard InChI is InChI=1S/C13H13BrN4O2/c14-7-3-4-8-9(5-7)16-13(18-11(8)15)17-10(12(19)20)6-1-2-6/h3-6,10H,1-2H2,(H,19,20)(H3,15,16,17,18)/t10-/m0/s1. The van der Waals surface area contributed by atoms with Gasteiger partial charge in [0.2, 0.25) is 5.95 Å². The highest BCUT2D eigenvalue weighted by molar-refractivity contribution is 9.10. The van der Waals surface area contributed by atoms with Gasteiger partial charge in [-0.3, -0.25) is 0 Å². The van der Waals surface area contributed by atoms with E-state index in [4.69, 9.17) is 5.73 Å². The molecular weight excluding hydrogens is 324 g/mol. The Morgan fingerprint density at radius 2 is 2.20 bits per heavy atom. The number of rotatable bonds is 4. The Hall–Kier alpha value is -1.89. The molecule has 0 bridgehead atoms. The number of nitrogens with two attached hydrogens (primary N) is 1. The normalized spacial score (nSPS) is 16.1. The summed E-state index contributed by atoms with van der Waals surface area (Å²) in [6, 6.07) is 4.86. The molecule has 1 saturated carbocycles. The first-order chi connectivity index (χ1) is 9.54. The van der Waals surface area contributed by atoms with Crippen molar-refractivity contribution in [2.75, 3.05) is 11.1 Å². The highest BCUT2D eigenvalue weighted by atomic mass is 79.9. The van der Waals surface area contributed by atoms with Crippen molar-refractivity contribution in [3.63, 3.8) is 0 Å². The molecule has 1 aromatic heterocycles. The number of hydrogen-bond acceptors (Lipinski definition) is 5. The fourth-order valence-corrected chi connectivity index (χ4v) is 2.49. The Kier molecular flexibility index (Phi) is 3.21. The van der Waals surface area contributed by atoms with Crippen LogP contribution in [0.3, 0.4) is 0 Å². The van der Waals surface area contributed by atoms with Gasteiger partial charge in [-0.2, -0.15) is 4.98 Å². The molecule has 1 aliphatic carbocycles. The number of benzene rings is 1. The zero-order valence-corrected chi connectivity index (χ0v) is 12.1. The molecule has 2 aromatic rings. The second-order valence-electron chi connectivity index (χ2n) is 4.89. The molecule has 0 spiro atoms. The number of carbonyl (C=O) groups is 1. The van der Waals surface area contributed by atoms with Crippen LogP contribution in [-0.2, 0) is 4.79 Å². The van der Waals surface area contributed by atoms with Crippen molar-refractivity contribution in [1.29, 1.82) is 0 Å². The fourth-order valence-electron chi connectivity index (χ4n) is 2.14. The van der Waals surface area contributed by atoms with Crippen LogP contribution in [0.25, 0.3) is 10.9 Å². The van der Waals surface area contributed by atoms with E-state index in [1.807, 2.05) is 18.2 Å². The van der Waals surface area contributed by atoms with E-state index in [2.05, 4.69) is 31.2 Å². The van der Waals surface area contributed by atoms with Crippen LogP contribution in [0.5, 0.6) is 0 Å². The molecule has 6 nitrogen and oxygen atoms in total. The van der Waals surface area contributed by atoms with Crippen molar-refractivity contribution in [3.05, 3.63) is 22.7 Å². The summed E-state index contributed by atoms with van der Waals surface area (Å²) < 4.78 is 0.881. The number of nitrogens with one attached hydrogen (secondary N) is 1. The van der Waals surface area contributed by atoms with Gasteiger partial charge in [-0.1, -0.05) is 15.9 Å². The summed E-state index contributed by atoms with van der Waals surface area (Å²) >= 11 is 3.37. The predicted octanol–water partition coefficient (Wildman–Crippen LogP) is 2.25. The number of hydrogen-bond donors (Lipinski definition) is 3. The average Bonchev–Trinajstić information content (AvgIpc) is 3.19. The van der Waals surface area contributed by atoms with Crippen molar-refractivity contribution >= 4 is 44.6 Å².